The molecule has 5 heteroatoms. The number of carbonyl (C=O) groups excluding carboxylic acids is 1. The molecule has 1 aromatic heterocycles. The second-order valence-electron chi connectivity index (χ2n) is 7.21. The summed E-state index contributed by atoms with van der Waals surface area (Å²) in [7, 11) is 0. The Morgan fingerprint density at radius 2 is 1.82 bits per heavy atom. The van der Waals surface area contributed by atoms with Crippen LogP contribution in [0.1, 0.15) is 29.3 Å². The summed E-state index contributed by atoms with van der Waals surface area (Å²) in [6, 6.07) is 20.3. The first-order chi connectivity index (χ1) is 13.8. The van der Waals surface area contributed by atoms with Crippen LogP contribution < -0.4 is 9.47 Å². The number of ether oxygens (including phenoxy) is 2. The van der Waals surface area contributed by atoms with Crippen LogP contribution in [0, 0.1) is 0 Å². The fourth-order valence-electron chi connectivity index (χ4n) is 4.13. The molecule has 0 bridgehead atoms. The van der Waals surface area contributed by atoms with Crippen molar-refractivity contribution >= 4 is 5.91 Å². The molecule has 2 aromatic carbocycles. The zero-order valence-corrected chi connectivity index (χ0v) is 15.6. The summed E-state index contributed by atoms with van der Waals surface area (Å²) in [6.07, 6.45) is 3.26. The van der Waals surface area contributed by atoms with Gasteiger partial charge >= 0.3 is 0 Å². The highest BCUT2D eigenvalue weighted by Gasteiger charge is 2.31. The van der Waals surface area contributed by atoms with Gasteiger partial charge in [-0.25, -0.2) is 0 Å². The van der Waals surface area contributed by atoms with Crippen LogP contribution in [0.3, 0.4) is 0 Å². The Labute approximate surface area is 164 Å². The maximum Gasteiger partial charge on any atom is 0.231 e. The van der Waals surface area contributed by atoms with Crippen molar-refractivity contribution in [2.24, 2.45) is 0 Å². The maximum absolute atomic E-state index is 13.2. The quantitative estimate of drug-likeness (QED) is 0.698. The van der Waals surface area contributed by atoms with E-state index in [0.29, 0.717) is 12.8 Å². The van der Waals surface area contributed by atoms with Crippen LogP contribution in [0.25, 0.3) is 0 Å². The zero-order valence-electron chi connectivity index (χ0n) is 15.6. The minimum atomic E-state index is -0.0331. The lowest BCUT2D eigenvalue weighted by atomic mass is 9.99. The number of rotatable bonds is 4. The van der Waals surface area contributed by atoms with E-state index in [0.717, 1.165) is 35.7 Å². The third-order valence-electron chi connectivity index (χ3n) is 5.54. The van der Waals surface area contributed by atoms with E-state index < -0.39 is 0 Å². The fourth-order valence-corrected chi connectivity index (χ4v) is 4.13. The number of nitrogens with zero attached hydrogens (tertiary/aromatic N) is 2. The summed E-state index contributed by atoms with van der Waals surface area (Å²) < 4.78 is 13.1. The Morgan fingerprint density at radius 3 is 2.71 bits per heavy atom. The first-order valence-corrected chi connectivity index (χ1v) is 9.67. The summed E-state index contributed by atoms with van der Waals surface area (Å²) in [5, 5.41) is 0. The Kier molecular flexibility index (Phi) is 4.28. The predicted octanol–water partition coefficient (Wildman–Crippen LogP) is 3.78. The molecular weight excluding hydrogens is 352 g/mol. The molecule has 0 unspecified atom stereocenters. The van der Waals surface area contributed by atoms with Gasteiger partial charge in [-0.15, -0.1) is 0 Å². The molecular formula is C23H22N2O3. The maximum atomic E-state index is 13.2. The number of hydrogen-bond acceptors (Lipinski definition) is 3. The number of fused-ring (bicyclic) bond motifs is 2. The van der Waals surface area contributed by atoms with Crippen molar-refractivity contribution in [1.82, 2.24) is 9.47 Å². The molecule has 0 fully saturated rings. The van der Waals surface area contributed by atoms with Gasteiger partial charge in [0.2, 0.25) is 12.7 Å². The highest BCUT2D eigenvalue weighted by atomic mass is 16.7. The molecule has 0 radical (unpaired) electrons. The van der Waals surface area contributed by atoms with Crippen LogP contribution in [0.5, 0.6) is 11.5 Å². The summed E-state index contributed by atoms with van der Waals surface area (Å²) in [6.45, 7) is 1.83. The molecule has 1 amide bonds. The monoisotopic (exact) mass is 374 g/mol. The van der Waals surface area contributed by atoms with Gasteiger partial charge in [-0.2, -0.15) is 0 Å². The van der Waals surface area contributed by atoms with Gasteiger partial charge < -0.3 is 18.9 Å². The largest absolute Gasteiger partial charge is 0.454 e. The van der Waals surface area contributed by atoms with Gasteiger partial charge in [-0.1, -0.05) is 36.4 Å². The van der Waals surface area contributed by atoms with Crippen molar-refractivity contribution in [3.8, 4) is 11.5 Å². The van der Waals surface area contributed by atoms with E-state index >= 15 is 0 Å². The van der Waals surface area contributed by atoms with E-state index in [-0.39, 0.29) is 18.7 Å². The molecule has 0 saturated heterocycles. The van der Waals surface area contributed by atoms with E-state index in [4.69, 9.17) is 9.47 Å². The Bertz CT molecular complexity index is 996. The molecule has 2 aliphatic rings. The second-order valence-corrected chi connectivity index (χ2v) is 7.21. The van der Waals surface area contributed by atoms with E-state index in [1.54, 1.807) is 0 Å². The first kappa shape index (κ1) is 16.9. The van der Waals surface area contributed by atoms with Crippen LogP contribution in [0.2, 0.25) is 0 Å². The molecule has 0 saturated carbocycles. The SMILES string of the molecule is O=C(CCc1ccc2c(c1)OCO2)N1CCn2cccc2[C@H]1c1ccccc1. The number of benzene rings is 2. The third kappa shape index (κ3) is 3.03. The van der Waals surface area contributed by atoms with Crippen molar-refractivity contribution in [3.63, 3.8) is 0 Å². The smallest absolute Gasteiger partial charge is 0.231 e. The highest BCUT2D eigenvalue weighted by Crippen LogP contribution is 2.34. The highest BCUT2D eigenvalue weighted by molar-refractivity contribution is 5.77. The number of aromatic nitrogens is 1. The van der Waals surface area contributed by atoms with E-state index in [2.05, 4.69) is 35.0 Å². The minimum absolute atomic E-state index is 0.0331. The molecule has 1 atom stereocenters. The van der Waals surface area contributed by atoms with Crippen LogP contribution in [0.4, 0.5) is 0 Å². The Morgan fingerprint density at radius 1 is 0.964 bits per heavy atom. The minimum Gasteiger partial charge on any atom is -0.454 e. The second kappa shape index (κ2) is 7.08. The van der Waals surface area contributed by atoms with Crippen LogP contribution in [-0.2, 0) is 17.8 Å². The van der Waals surface area contributed by atoms with Crippen molar-refractivity contribution in [2.75, 3.05) is 13.3 Å². The molecule has 0 N–H and O–H groups in total. The van der Waals surface area contributed by atoms with Crippen molar-refractivity contribution in [3.05, 3.63) is 83.7 Å². The molecule has 5 nitrogen and oxygen atoms in total. The molecule has 5 rings (SSSR count). The summed E-state index contributed by atoms with van der Waals surface area (Å²) >= 11 is 0. The molecule has 0 aliphatic carbocycles. The van der Waals surface area contributed by atoms with Gasteiger partial charge in [0.15, 0.2) is 11.5 Å². The van der Waals surface area contributed by atoms with E-state index in [1.807, 2.05) is 41.3 Å². The summed E-state index contributed by atoms with van der Waals surface area (Å²) in [4.78, 5) is 15.2. The number of aryl methyl sites for hydroxylation is 1. The van der Waals surface area contributed by atoms with Gasteiger partial charge in [0.05, 0.1) is 6.04 Å². The Hall–Kier alpha value is -3.21. The Balaban J connectivity index is 1.36. The van der Waals surface area contributed by atoms with Crippen LogP contribution in [0.15, 0.2) is 66.9 Å². The van der Waals surface area contributed by atoms with E-state index in [1.165, 1.54) is 5.69 Å². The predicted molar refractivity (Wildman–Crippen MR) is 105 cm³/mol. The lowest BCUT2D eigenvalue weighted by molar-refractivity contribution is -0.133. The van der Waals surface area contributed by atoms with E-state index in [9.17, 15) is 4.79 Å². The molecule has 142 valence electrons. The average Bonchev–Trinajstić information content (AvgIpc) is 3.40. The summed E-state index contributed by atoms with van der Waals surface area (Å²) in [5.74, 6) is 1.72. The standard InChI is InChI=1S/C23H22N2O3/c26-22(11-9-17-8-10-20-21(15-17)28-16-27-20)25-14-13-24-12-4-7-19(24)23(25)18-5-2-1-3-6-18/h1-8,10,12,15,23H,9,11,13-14,16H2/t23-/m1/s1. The van der Waals surface area contributed by atoms with Crippen LogP contribution in [-0.4, -0.2) is 28.7 Å². The molecule has 3 aromatic rings. The fraction of sp³-hybridized carbons (Fsp3) is 0.261. The summed E-state index contributed by atoms with van der Waals surface area (Å²) in [5.41, 5.74) is 3.42. The topological polar surface area (TPSA) is 43.7 Å². The molecule has 0 spiro atoms. The lowest BCUT2D eigenvalue weighted by Gasteiger charge is -2.37. The molecule has 28 heavy (non-hydrogen) atoms. The van der Waals surface area contributed by atoms with Crippen molar-refractivity contribution in [2.45, 2.75) is 25.4 Å². The normalized spacial score (nSPS) is 17.4. The van der Waals surface area contributed by atoms with Gasteiger partial charge in [0, 0.05) is 31.4 Å². The first-order valence-electron chi connectivity index (χ1n) is 9.67. The average molecular weight is 374 g/mol. The van der Waals surface area contributed by atoms with Gasteiger partial charge in [0.1, 0.15) is 0 Å². The number of hydrogen-bond donors (Lipinski definition) is 0. The molecule has 2 aliphatic heterocycles. The lowest BCUT2D eigenvalue weighted by Crippen LogP contribution is -2.42. The molecule has 3 heterocycles. The van der Waals surface area contributed by atoms with Gasteiger partial charge in [-0.05, 0) is 41.8 Å². The van der Waals surface area contributed by atoms with Crippen molar-refractivity contribution < 1.29 is 14.3 Å². The van der Waals surface area contributed by atoms with Crippen LogP contribution >= 0.6 is 0 Å². The number of amides is 1. The third-order valence-corrected chi connectivity index (χ3v) is 5.54. The van der Waals surface area contributed by atoms with Gasteiger partial charge in [-0.3, -0.25) is 4.79 Å². The van der Waals surface area contributed by atoms with Gasteiger partial charge in [0.25, 0.3) is 0 Å². The van der Waals surface area contributed by atoms with Crippen molar-refractivity contribution in [1.29, 1.82) is 0 Å². The number of carbonyl (C=O) groups is 1. The zero-order chi connectivity index (χ0) is 18.9.